The van der Waals surface area contributed by atoms with Crippen LogP contribution in [-0.2, 0) is 4.79 Å². The average molecular weight is 396 g/mol. The third-order valence-electron chi connectivity index (χ3n) is 5.24. The zero-order valence-corrected chi connectivity index (χ0v) is 15.8. The molecule has 5 rings (SSSR count). The van der Waals surface area contributed by atoms with Gasteiger partial charge < -0.3 is 19.1 Å². The van der Waals surface area contributed by atoms with Crippen LogP contribution < -0.4 is 10.2 Å². The number of benzene rings is 1. The lowest BCUT2D eigenvalue weighted by molar-refractivity contribution is -0.120. The molecule has 0 bridgehead atoms. The topological polar surface area (TPSA) is 75.7 Å². The molecule has 0 radical (unpaired) electrons. The highest BCUT2D eigenvalue weighted by Crippen LogP contribution is 2.31. The van der Waals surface area contributed by atoms with E-state index in [0.717, 1.165) is 48.5 Å². The lowest BCUT2D eigenvalue weighted by Crippen LogP contribution is -2.38. The van der Waals surface area contributed by atoms with E-state index in [1.165, 1.54) is 0 Å². The normalized spacial score (nSPS) is 15.4. The third kappa shape index (κ3) is 3.07. The van der Waals surface area contributed by atoms with Gasteiger partial charge in [0.2, 0.25) is 5.91 Å². The van der Waals surface area contributed by atoms with Crippen LogP contribution in [0.5, 0.6) is 0 Å². The summed E-state index contributed by atoms with van der Waals surface area (Å²) in [7, 11) is 0. The molecule has 0 saturated carbocycles. The second kappa shape index (κ2) is 6.83. The van der Waals surface area contributed by atoms with Gasteiger partial charge in [0.05, 0.1) is 5.39 Å². The van der Waals surface area contributed by atoms with E-state index in [0.29, 0.717) is 10.6 Å². The van der Waals surface area contributed by atoms with Gasteiger partial charge >= 0.3 is 0 Å². The Morgan fingerprint density at radius 1 is 1.18 bits per heavy atom. The summed E-state index contributed by atoms with van der Waals surface area (Å²) in [6.07, 6.45) is 7.01. The van der Waals surface area contributed by atoms with Gasteiger partial charge in [0.15, 0.2) is 11.4 Å². The number of aromatic nitrogens is 3. The van der Waals surface area contributed by atoms with Gasteiger partial charge in [-0.15, -0.1) is 0 Å². The fourth-order valence-corrected chi connectivity index (χ4v) is 3.88. The molecule has 3 aromatic heterocycles. The number of amides is 1. The SMILES string of the molecule is O=C(Nc1ccn2ccnc2c1)C1CCN(c2noc3ccc(Cl)cc23)CC1. The van der Waals surface area contributed by atoms with E-state index in [4.69, 9.17) is 16.1 Å². The van der Waals surface area contributed by atoms with Crippen LogP contribution in [0, 0.1) is 5.92 Å². The number of hydrogen-bond acceptors (Lipinski definition) is 5. The number of anilines is 2. The first-order chi connectivity index (χ1) is 13.7. The molecule has 0 unspecified atom stereocenters. The van der Waals surface area contributed by atoms with Crippen molar-refractivity contribution in [1.82, 2.24) is 14.5 Å². The molecule has 7 nitrogen and oxygen atoms in total. The predicted octanol–water partition coefficient (Wildman–Crippen LogP) is 3.98. The van der Waals surface area contributed by atoms with E-state index in [1.807, 2.05) is 41.1 Å². The van der Waals surface area contributed by atoms with Crippen molar-refractivity contribution in [3.8, 4) is 0 Å². The lowest BCUT2D eigenvalue weighted by Gasteiger charge is -2.31. The summed E-state index contributed by atoms with van der Waals surface area (Å²) in [4.78, 5) is 19.1. The van der Waals surface area contributed by atoms with Gasteiger partial charge in [0.25, 0.3) is 0 Å². The van der Waals surface area contributed by atoms with Crippen molar-refractivity contribution in [2.75, 3.05) is 23.3 Å². The Balaban J connectivity index is 1.26. The molecule has 1 aromatic carbocycles. The van der Waals surface area contributed by atoms with E-state index in [1.54, 1.807) is 12.3 Å². The van der Waals surface area contributed by atoms with Crippen LogP contribution in [-0.4, -0.2) is 33.5 Å². The van der Waals surface area contributed by atoms with Crippen LogP contribution >= 0.6 is 11.6 Å². The maximum Gasteiger partial charge on any atom is 0.227 e. The Labute approximate surface area is 165 Å². The molecule has 0 atom stereocenters. The number of rotatable bonds is 3. The zero-order chi connectivity index (χ0) is 19.1. The van der Waals surface area contributed by atoms with Crippen molar-refractivity contribution in [3.63, 3.8) is 0 Å². The molecule has 1 fully saturated rings. The Bertz CT molecular complexity index is 1160. The molecule has 1 aliphatic rings. The third-order valence-corrected chi connectivity index (χ3v) is 5.48. The highest BCUT2D eigenvalue weighted by atomic mass is 35.5. The fraction of sp³-hybridized carbons (Fsp3) is 0.250. The van der Waals surface area contributed by atoms with E-state index in [2.05, 4.69) is 20.4 Å². The minimum absolute atomic E-state index is 0.0334. The number of fused-ring (bicyclic) bond motifs is 2. The molecule has 8 heteroatoms. The van der Waals surface area contributed by atoms with Crippen molar-refractivity contribution in [2.24, 2.45) is 5.92 Å². The summed E-state index contributed by atoms with van der Waals surface area (Å²) in [6.45, 7) is 1.48. The van der Waals surface area contributed by atoms with E-state index >= 15 is 0 Å². The van der Waals surface area contributed by atoms with Gasteiger partial charge in [-0.3, -0.25) is 4.79 Å². The molecule has 4 aromatic rings. The highest BCUT2D eigenvalue weighted by molar-refractivity contribution is 6.31. The number of piperidine rings is 1. The van der Waals surface area contributed by atoms with Crippen molar-refractivity contribution < 1.29 is 9.32 Å². The summed E-state index contributed by atoms with van der Waals surface area (Å²) in [6, 6.07) is 9.24. The van der Waals surface area contributed by atoms with Crippen LogP contribution in [0.4, 0.5) is 11.5 Å². The quantitative estimate of drug-likeness (QED) is 0.567. The van der Waals surface area contributed by atoms with Gasteiger partial charge in [0.1, 0.15) is 5.65 Å². The van der Waals surface area contributed by atoms with Crippen molar-refractivity contribution in [1.29, 1.82) is 0 Å². The largest absolute Gasteiger partial charge is 0.354 e. The van der Waals surface area contributed by atoms with Gasteiger partial charge in [-0.05, 0) is 37.1 Å². The van der Waals surface area contributed by atoms with Gasteiger partial charge in [-0.25, -0.2) is 4.98 Å². The van der Waals surface area contributed by atoms with Crippen molar-refractivity contribution >= 4 is 45.6 Å². The Morgan fingerprint density at radius 3 is 2.89 bits per heavy atom. The van der Waals surface area contributed by atoms with Crippen LogP contribution in [0.3, 0.4) is 0 Å². The molecule has 0 spiro atoms. The van der Waals surface area contributed by atoms with Crippen LogP contribution in [0.25, 0.3) is 16.6 Å². The summed E-state index contributed by atoms with van der Waals surface area (Å²) in [5.74, 6) is 0.804. The van der Waals surface area contributed by atoms with Crippen LogP contribution in [0.2, 0.25) is 5.02 Å². The minimum atomic E-state index is -0.0334. The molecular formula is C20H18ClN5O2. The minimum Gasteiger partial charge on any atom is -0.354 e. The van der Waals surface area contributed by atoms with Gasteiger partial charge in [-0.1, -0.05) is 16.8 Å². The van der Waals surface area contributed by atoms with Gasteiger partial charge in [0, 0.05) is 54.4 Å². The van der Waals surface area contributed by atoms with Crippen LogP contribution in [0.1, 0.15) is 12.8 Å². The standard InChI is InChI=1S/C20H18ClN5O2/c21-14-1-2-17-16(11-14)19(24-28-17)26-7-3-13(4-8-26)20(27)23-15-5-9-25-10-6-22-18(25)12-15/h1-2,5-6,9-13H,3-4,7-8H2,(H,23,27). The number of pyridine rings is 1. The molecule has 4 heterocycles. The molecule has 1 aliphatic heterocycles. The summed E-state index contributed by atoms with van der Waals surface area (Å²) in [5, 5.41) is 8.78. The monoisotopic (exact) mass is 395 g/mol. The van der Waals surface area contributed by atoms with Crippen LogP contribution in [0.15, 0.2) is 53.4 Å². The number of carbonyl (C=O) groups excluding carboxylic acids is 1. The molecular weight excluding hydrogens is 378 g/mol. The number of nitrogens with one attached hydrogen (secondary N) is 1. The number of imidazole rings is 1. The number of nitrogens with zero attached hydrogens (tertiary/aromatic N) is 4. The Hall–Kier alpha value is -3.06. The van der Waals surface area contributed by atoms with E-state index in [-0.39, 0.29) is 11.8 Å². The molecule has 1 N–H and O–H groups in total. The maximum atomic E-state index is 12.7. The molecule has 1 saturated heterocycles. The first-order valence-corrected chi connectivity index (χ1v) is 9.59. The summed E-state index contributed by atoms with van der Waals surface area (Å²) in [5.41, 5.74) is 2.29. The number of carbonyl (C=O) groups is 1. The molecule has 1 amide bonds. The molecule has 28 heavy (non-hydrogen) atoms. The molecule has 0 aliphatic carbocycles. The van der Waals surface area contributed by atoms with Crippen molar-refractivity contribution in [2.45, 2.75) is 12.8 Å². The number of halogens is 1. The van der Waals surface area contributed by atoms with Crippen molar-refractivity contribution in [3.05, 3.63) is 53.9 Å². The summed E-state index contributed by atoms with van der Waals surface area (Å²) < 4.78 is 7.31. The fourth-order valence-electron chi connectivity index (χ4n) is 3.71. The van der Waals surface area contributed by atoms with Gasteiger partial charge in [-0.2, -0.15) is 0 Å². The lowest BCUT2D eigenvalue weighted by atomic mass is 9.95. The average Bonchev–Trinajstić information content (AvgIpc) is 3.34. The van der Waals surface area contributed by atoms with E-state index < -0.39 is 0 Å². The van der Waals surface area contributed by atoms with E-state index in [9.17, 15) is 4.79 Å². The Morgan fingerprint density at radius 2 is 2.04 bits per heavy atom. The predicted molar refractivity (Wildman–Crippen MR) is 108 cm³/mol. The smallest absolute Gasteiger partial charge is 0.227 e. The molecule has 142 valence electrons. The maximum absolute atomic E-state index is 12.7. The second-order valence-electron chi connectivity index (χ2n) is 7.01. The highest BCUT2D eigenvalue weighted by Gasteiger charge is 2.27. The Kier molecular flexibility index (Phi) is 4.16. The number of hydrogen-bond donors (Lipinski definition) is 1. The second-order valence-corrected chi connectivity index (χ2v) is 7.44. The first kappa shape index (κ1) is 17.1. The zero-order valence-electron chi connectivity index (χ0n) is 15.0. The first-order valence-electron chi connectivity index (χ1n) is 9.21. The summed E-state index contributed by atoms with van der Waals surface area (Å²) >= 11 is 6.11.